The number of ketones is 1. The Kier molecular flexibility index (Phi) is 8.69. The van der Waals surface area contributed by atoms with E-state index in [2.05, 4.69) is 15.3 Å². The molecule has 1 aromatic carbocycles. The van der Waals surface area contributed by atoms with Crippen LogP contribution in [-0.2, 0) is 11.0 Å². The Labute approximate surface area is 299 Å². The SMILES string of the molecule is CC[C@@H](C)n1cc(-c2ncc(C(=O)NC3(C(C)=O)C4CC5CC(C4)CC3C5)c(C(F)(F)F)n2)c2ccc(OC3CCC(N4CC(F)(F)C4)CC3)cc21. The van der Waals surface area contributed by atoms with Crippen molar-refractivity contribution in [2.75, 3.05) is 13.1 Å². The molecule has 52 heavy (non-hydrogen) atoms. The van der Waals surface area contributed by atoms with Gasteiger partial charge in [0.1, 0.15) is 11.3 Å². The third-order valence-corrected chi connectivity index (χ3v) is 13.1. The van der Waals surface area contributed by atoms with Crippen molar-refractivity contribution in [1.82, 2.24) is 24.8 Å². The van der Waals surface area contributed by atoms with Crippen molar-refractivity contribution in [1.29, 1.82) is 0 Å². The van der Waals surface area contributed by atoms with Gasteiger partial charge in [-0.2, -0.15) is 13.2 Å². The fraction of sp³-hybridized carbons (Fsp3) is 0.641. The molecule has 0 spiro atoms. The van der Waals surface area contributed by atoms with Crippen LogP contribution in [0.15, 0.2) is 30.6 Å². The molecule has 0 radical (unpaired) electrons. The molecule has 6 aliphatic rings. The molecule has 3 heterocycles. The van der Waals surface area contributed by atoms with Crippen LogP contribution in [0, 0.1) is 23.7 Å². The maximum atomic E-state index is 14.7. The Morgan fingerprint density at radius 1 is 1.02 bits per heavy atom. The number of fused-ring (bicyclic) bond motifs is 1. The predicted octanol–water partition coefficient (Wildman–Crippen LogP) is 8.24. The zero-order chi connectivity index (χ0) is 36.7. The van der Waals surface area contributed by atoms with E-state index in [1.165, 1.54) is 6.92 Å². The van der Waals surface area contributed by atoms with E-state index in [9.17, 15) is 31.5 Å². The number of carbonyl (C=O) groups is 2. The monoisotopic (exact) mass is 727 g/mol. The van der Waals surface area contributed by atoms with Crippen molar-refractivity contribution in [2.45, 2.75) is 121 Å². The van der Waals surface area contributed by atoms with Crippen molar-refractivity contribution in [3.8, 4) is 17.1 Å². The second-order valence-corrected chi connectivity index (χ2v) is 16.3. The molecule has 2 aromatic heterocycles. The summed E-state index contributed by atoms with van der Waals surface area (Å²) < 4.78 is 79.3. The first kappa shape index (κ1) is 35.4. The molecule has 3 aromatic rings. The number of benzene rings is 1. The molecular weight excluding hydrogens is 681 g/mol. The van der Waals surface area contributed by atoms with Crippen LogP contribution >= 0.6 is 0 Å². The molecule has 13 heteroatoms. The third-order valence-electron chi connectivity index (χ3n) is 13.1. The number of rotatable bonds is 9. The molecule has 4 bridgehead atoms. The van der Waals surface area contributed by atoms with Crippen LogP contribution in [-0.4, -0.2) is 67.8 Å². The summed E-state index contributed by atoms with van der Waals surface area (Å²) in [5.41, 5.74) is -2.06. The molecule has 9 rings (SSSR count). The number of carbonyl (C=O) groups excluding carboxylic acids is 2. The van der Waals surface area contributed by atoms with Crippen molar-refractivity contribution in [2.24, 2.45) is 23.7 Å². The summed E-state index contributed by atoms with van der Waals surface area (Å²) in [5, 5.41) is 3.50. The maximum Gasteiger partial charge on any atom is 0.434 e. The van der Waals surface area contributed by atoms with Gasteiger partial charge in [-0.25, -0.2) is 18.7 Å². The number of alkyl halides is 5. The Morgan fingerprint density at radius 3 is 2.25 bits per heavy atom. The molecule has 280 valence electrons. The molecule has 8 nitrogen and oxygen atoms in total. The average Bonchev–Trinajstić information content (AvgIpc) is 3.46. The number of aromatic nitrogens is 3. The lowest BCUT2D eigenvalue weighted by Gasteiger charge is -2.60. The second kappa shape index (κ2) is 12.8. The highest BCUT2D eigenvalue weighted by molar-refractivity contribution is 6.01. The summed E-state index contributed by atoms with van der Waals surface area (Å²) in [4.78, 5) is 37.3. The quantitative estimate of drug-likeness (QED) is 0.224. The first-order valence-corrected chi connectivity index (χ1v) is 18.9. The number of hydrogen-bond acceptors (Lipinski definition) is 6. The van der Waals surface area contributed by atoms with Gasteiger partial charge in [0.15, 0.2) is 17.3 Å². The lowest BCUT2D eigenvalue weighted by Crippen LogP contribution is -2.69. The van der Waals surface area contributed by atoms with Gasteiger partial charge in [-0.05, 0) is 114 Å². The zero-order valence-electron chi connectivity index (χ0n) is 29.8. The average molecular weight is 728 g/mol. The number of nitrogens with zero attached hydrogens (tertiary/aromatic N) is 4. The summed E-state index contributed by atoms with van der Waals surface area (Å²) in [6.45, 7) is 5.12. The first-order chi connectivity index (χ1) is 24.6. The smallest absolute Gasteiger partial charge is 0.434 e. The predicted molar refractivity (Wildman–Crippen MR) is 184 cm³/mol. The van der Waals surface area contributed by atoms with Crippen LogP contribution in [0.2, 0.25) is 0 Å². The van der Waals surface area contributed by atoms with E-state index >= 15 is 0 Å². The molecule has 5 saturated carbocycles. The summed E-state index contributed by atoms with van der Waals surface area (Å²) in [5.74, 6) is -2.48. The number of amides is 1. The summed E-state index contributed by atoms with van der Waals surface area (Å²) in [7, 11) is 0. The highest BCUT2D eigenvalue weighted by atomic mass is 19.4. The van der Waals surface area contributed by atoms with Crippen molar-refractivity contribution < 1.29 is 36.3 Å². The Balaban J connectivity index is 1.07. The van der Waals surface area contributed by atoms with Crippen LogP contribution in [0.1, 0.15) is 107 Å². The van der Waals surface area contributed by atoms with Gasteiger partial charge in [0.25, 0.3) is 11.8 Å². The van der Waals surface area contributed by atoms with Gasteiger partial charge in [0, 0.05) is 41.5 Å². The Hall–Kier alpha value is -3.61. The Bertz CT molecular complexity index is 1850. The number of hydrogen-bond donors (Lipinski definition) is 1. The number of likely N-dealkylation sites (tertiary alicyclic amines) is 1. The van der Waals surface area contributed by atoms with Gasteiger partial charge in [0.05, 0.1) is 30.3 Å². The van der Waals surface area contributed by atoms with E-state index in [1.54, 1.807) is 18.3 Å². The van der Waals surface area contributed by atoms with Crippen LogP contribution in [0.3, 0.4) is 0 Å². The van der Waals surface area contributed by atoms with Crippen molar-refractivity contribution in [3.63, 3.8) is 0 Å². The van der Waals surface area contributed by atoms with Gasteiger partial charge >= 0.3 is 6.18 Å². The molecule has 1 atom stereocenters. The molecular formula is C39H46F5N5O3. The van der Waals surface area contributed by atoms with E-state index in [-0.39, 0.29) is 54.7 Å². The minimum atomic E-state index is -4.95. The lowest BCUT2D eigenvalue weighted by molar-refractivity contribution is -0.151. The van der Waals surface area contributed by atoms with Gasteiger partial charge in [-0.15, -0.1) is 0 Å². The standard InChI is InChI=1S/C39H46F5N5O3/c1-4-21(2)49-18-32(30-10-9-29(16-33(30)49)52-28-7-5-27(6-8-28)48-19-37(40,41)20-48)35-45-17-31(34(46-35)39(42,43)44)36(51)47-38(22(3)50)25-12-23-11-24(14-25)15-26(38)13-23/h9-10,16-18,21,23-28H,4-8,11-15,19-20H2,1-3H3,(H,47,51)/t21-,23?,24?,25?,26?,27?,28?,38?/m1/s1. The zero-order valence-corrected chi connectivity index (χ0v) is 29.8. The third kappa shape index (κ3) is 6.08. The van der Waals surface area contributed by atoms with E-state index in [1.807, 2.05) is 29.4 Å². The molecule has 0 unspecified atom stereocenters. The maximum absolute atomic E-state index is 14.7. The topological polar surface area (TPSA) is 89.3 Å². The molecule has 1 N–H and O–H groups in total. The van der Waals surface area contributed by atoms with Crippen LogP contribution in [0.5, 0.6) is 5.75 Å². The fourth-order valence-corrected chi connectivity index (χ4v) is 10.5. The fourth-order valence-electron chi connectivity index (χ4n) is 10.5. The Morgan fingerprint density at radius 2 is 1.67 bits per heavy atom. The normalized spacial score (nSPS) is 31.7. The number of Topliss-reactive ketones (excluding diaryl/α,β-unsaturated/α-hetero) is 1. The van der Waals surface area contributed by atoms with Crippen LogP contribution in [0.4, 0.5) is 22.0 Å². The molecule has 1 amide bonds. The molecule has 6 fully saturated rings. The van der Waals surface area contributed by atoms with Crippen molar-refractivity contribution >= 4 is 22.6 Å². The summed E-state index contributed by atoms with van der Waals surface area (Å²) >= 11 is 0. The van der Waals surface area contributed by atoms with Gasteiger partial charge in [-0.1, -0.05) is 6.92 Å². The largest absolute Gasteiger partial charge is 0.490 e. The number of nitrogens with one attached hydrogen (secondary N) is 1. The molecule has 5 aliphatic carbocycles. The van der Waals surface area contributed by atoms with Gasteiger partial charge < -0.3 is 14.6 Å². The molecule has 1 saturated heterocycles. The van der Waals surface area contributed by atoms with Gasteiger partial charge in [0.2, 0.25) is 0 Å². The highest BCUT2D eigenvalue weighted by Crippen LogP contribution is 2.58. The van der Waals surface area contributed by atoms with E-state index in [4.69, 9.17) is 4.74 Å². The summed E-state index contributed by atoms with van der Waals surface area (Å²) in [6.07, 6.45) is 5.79. The van der Waals surface area contributed by atoms with E-state index in [0.717, 1.165) is 75.9 Å². The van der Waals surface area contributed by atoms with Crippen LogP contribution < -0.4 is 10.1 Å². The number of ether oxygens (including phenoxy) is 1. The van der Waals surface area contributed by atoms with Gasteiger partial charge in [-0.3, -0.25) is 14.5 Å². The number of halogens is 5. The van der Waals surface area contributed by atoms with Crippen LogP contribution in [0.25, 0.3) is 22.3 Å². The minimum Gasteiger partial charge on any atom is -0.490 e. The lowest BCUT2D eigenvalue weighted by atomic mass is 9.47. The molecule has 1 aliphatic heterocycles. The highest BCUT2D eigenvalue weighted by Gasteiger charge is 2.60. The minimum absolute atomic E-state index is 0.00696. The van der Waals surface area contributed by atoms with E-state index < -0.39 is 34.8 Å². The second-order valence-electron chi connectivity index (χ2n) is 16.3. The van der Waals surface area contributed by atoms with E-state index in [0.29, 0.717) is 28.5 Å². The summed E-state index contributed by atoms with van der Waals surface area (Å²) in [6, 6.07) is 5.60. The van der Waals surface area contributed by atoms with Crippen molar-refractivity contribution in [3.05, 3.63) is 41.9 Å². The first-order valence-electron chi connectivity index (χ1n) is 18.9.